The minimum absolute atomic E-state index is 0.116. The van der Waals surface area contributed by atoms with Gasteiger partial charge < -0.3 is 10.1 Å². The van der Waals surface area contributed by atoms with Crippen molar-refractivity contribution in [3.8, 4) is 11.8 Å². The molecule has 0 radical (unpaired) electrons. The second-order valence-electron chi connectivity index (χ2n) is 5.13. The van der Waals surface area contributed by atoms with Crippen molar-refractivity contribution >= 4 is 29.1 Å². The number of halogens is 2. The Morgan fingerprint density at radius 1 is 1.25 bits per heavy atom. The highest BCUT2D eigenvalue weighted by Crippen LogP contribution is 2.25. The highest BCUT2D eigenvalue weighted by atomic mass is 35.5. The first-order valence-corrected chi connectivity index (χ1v) is 8.16. The summed E-state index contributed by atoms with van der Waals surface area (Å²) in [5.41, 5.74) is 1.41. The summed E-state index contributed by atoms with van der Waals surface area (Å²) in [5.74, 6) is 0.114. The summed E-state index contributed by atoms with van der Waals surface area (Å²) >= 11 is 11.9. The zero-order chi connectivity index (χ0) is 17.5. The van der Waals surface area contributed by atoms with Crippen molar-refractivity contribution < 1.29 is 9.53 Å². The monoisotopic (exact) mass is 362 g/mol. The van der Waals surface area contributed by atoms with Crippen LogP contribution in [0, 0.1) is 11.3 Å². The lowest BCUT2D eigenvalue weighted by molar-refractivity contribution is -0.123. The van der Waals surface area contributed by atoms with Gasteiger partial charge in [-0.05, 0) is 42.3 Å². The average Bonchev–Trinajstić information content (AvgIpc) is 2.59. The number of hydrogen-bond acceptors (Lipinski definition) is 3. The molecule has 0 aliphatic rings. The average molecular weight is 363 g/mol. The maximum Gasteiger partial charge on any atom is 0.258 e. The minimum atomic E-state index is -0.253. The van der Waals surface area contributed by atoms with Crippen LogP contribution in [0.4, 0.5) is 0 Å². The molecule has 0 aliphatic heterocycles. The topological polar surface area (TPSA) is 62.1 Å². The Bertz CT molecular complexity index is 755. The zero-order valence-corrected chi connectivity index (χ0v) is 14.6. The first-order chi connectivity index (χ1) is 11.5. The van der Waals surface area contributed by atoms with E-state index in [1.807, 2.05) is 25.1 Å². The van der Waals surface area contributed by atoms with E-state index < -0.39 is 0 Å². The SMILES string of the molecule is CCC(NC(=O)COc1ccc(C#N)cc1Cl)c1ccc(Cl)cc1. The number of carbonyl (C=O) groups excluding carboxylic acids is 1. The molecule has 2 aromatic rings. The second-order valence-corrected chi connectivity index (χ2v) is 5.97. The number of nitriles is 1. The lowest BCUT2D eigenvalue weighted by Crippen LogP contribution is -2.32. The summed E-state index contributed by atoms with van der Waals surface area (Å²) < 4.78 is 5.42. The lowest BCUT2D eigenvalue weighted by Gasteiger charge is -2.18. The third kappa shape index (κ3) is 4.89. The number of ether oxygens (including phenoxy) is 1. The van der Waals surface area contributed by atoms with Crippen LogP contribution in [0.15, 0.2) is 42.5 Å². The van der Waals surface area contributed by atoms with Crippen LogP contribution >= 0.6 is 23.2 Å². The number of amides is 1. The van der Waals surface area contributed by atoms with Crippen LogP contribution in [-0.4, -0.2) is 12.5 Å². The fraction of sp³-hybridized carbons (Fsp3) is 0.222. The molecule has 0 bridgehead atoms. The van der Waals surface area contributed by atoms with Crippen LogP contribution < -0.4 is 10.1 Å². The summed E-state index contributed by atoms with van der Waals surface area (Å²) in [6.07, 6.45) is 0.741. The van der Waals surface area contributed by atoms with E-state index in [1.165, 1.54) is 6.07 Å². The molecule has 1 atom stereocenters. The normalized spacial score (nSPS) is 11.4. The maximum atomic E-state index is 12.1. The van der Waals surface area contributed by atoms with Crippen molar-refractivity contribution in [3.63, 3.8) is 0 Å². The van der Waals surface area contributed by atoms with Crippen molar-refractivity contribution in [1.82, 2.24) is 5.32 Å². The Morgan fingerprint density at radius 2 is 1.96 bits per heavy atom. The molecule has 0 saturated carbocycles. The molecule has 4 nitrogen and oxygen atoms in total. The second kappa shape index (κ2) is 8.58. The molecule has 0 saturated heterocycles. The Labute approximate surface area is 151 Å². The molecule has 24 heavy (non-hydrogen) atoms. The van der Waals surface area contributed by atoms with Gasteiger partial charge in [0.2, 0.25) is 0 Å². The molecule has 0 aromatic heterocycles. The minimum Gasteiger partial charge on any atom is -0.482 e. The summed E-state index contributed by atoms with van der Waals surface area (Å²) in [6.45, 7) is 1.83. The highest BCUT2D eigenvalue weighted by molar-refractivity contribution is 6.32. The quantitative estimate of drug-likeness (QED) is 0.821. The molecule has 2 rings (SSSR count). The fourth-order valence-electron chi connectivity index (χ4n) is 2.18. The lowest BCUT2D eigenvalue weighted by atomic mass is 10.0. The zero-order valence-electron chi connectivity index (χ0n) is 13.1. The predicted octanol–water partition coefficient (Wildman–Crippen LogP) is 4.51. The molecule has 0 aliphatic carbocycles. The summed E-state index contributed by atoms with van der Waals surface area (Å²) in [7, 11) is 0. The van der Waals surface area contributed by atoms with Crippen LogP contribution in [0.5, 0.6) is 5.75 Å². The van der Waals surface area contributed by atoms with Gasteiger partial charge in [-0.2, -0.15) is 5.26 Å². The standard InChI is InChI=1S/C18H16Cl2N2O2/c1-2-16(13-4-6-14(19)7-5-13)22-18(23)11-24-17-8-3-12(10-21)9-15(17)20/h3-9,16H,2,11H2,1H3,(H,22,23). The molecule has 0 fully saturated rings. The van der Waals surface area contributed by atoms with E-state index in [4.69, 9.17) is 33.2 Å². The van der Waals surface area contributed by atoms with Gasteiger partial charge in [0.1, 0.15) is 5.75 Å². The highest BCUT2D eigenvalue weighted by Gasteiger charge is 2.14. The number of nitrogens with one attached hydrogen (secondary N) is 1. The van der Waals surface area contributed by atoms with Crippen molar-refractivity contribution in [2.24, 2.45) is 0 Å². The van der Waals surface area contributed by atoms with E-state index in [0.717, 1.165) is 12.0 Å². The third-order valence-electron chi connectivity index (χ3n) is 3.44. The van der Waals surface area contributed by atoms with Gasteiger partial charge in [-0.25, -0.2) is 0 Å². The molecular formula is C18H16Cl2N2O2. The molecule has 2 aromatic carbocycles. The third-order valence-corrected chi connectivity index (χ3v) is 3.98. The van der Waals surface area contributed by atoms with Crippen LogP contribution in [0.3, 0.4) is 0 Å². The first-order valence-electron chi connectivity index (χ1n) is 7.40. The van der Waals surface area contributed by atoms with Crippen molar-refractivity contribution in [1.29, 1.82) is 5.26 Å². The van der Waals surface area contributed by atoms with E-state index in [-0.39, 0.29) is 18.6 Å². The van der Waals surface area contributed by atoms with Crippen molar-refractivity contribution in [3.05, 3.63) is 63.6 Å². The fourth-order valence-corrected chi connectivity index (χ4v) is 2.54. The summed E-state index contributed by atoms with van der Waals surface area (Å²) in [6, 6.07) is 13.9. The van der Waals surface area contributed by atoms with Gasteiger partial charge in [0.05, 0.1) is 22.7 Å². The van der Waals surface area contributed by atoms with Gasteiger partial charge in [-0.1, -0.05) is 42.3 Å². The van der Waals surface area contributed by atoms with Gasteiger partial charge in [0.15, 0.2) is 6.61 Å². The molecule has 1 unspecified atom stereocenters. The Morgan fingerprint density at radius 3 is 2.54 bits per heavy atom. The van der Waals surface area contributed by atoms with Crippen molar-refractivity contribution in [2.45, 2.75) is 19.4 Å². The molecule has 1 amide bonds. The van der Waals surface area contributed by atoms with E-state index >= 15 is 0 Å². The van der Waals surface area contributed by atoms with Gasteiger partial charge in [-0.15, -0.1) is 0 Å². The van der Waals surface area contributed by atoms with Crippen molar-refractivity contribution in [2.75, 3.05) is 6.61 Å². The number of benzene rings is 2. The van der Waals surface area contributed by atoms with E-state index in [1.54, 1.807) is 24.3 Å². The van der Waals surface area contributed by atoms with Crippen LogP contribution in [0.1, 0.15) is 30.5 Å². The smallest absolute Gasteiger partial charge is 0.258 e. The Hall–Kier alpha value is -2.22. The molecule has 0 heterocycles. The van der Waals surface area contributed by atoms with Crippen LogP contribution in [0.25, 0.3) is 0 Å². The Balaban J connectivity index is 1.94. The van der Waals surface area contributed by atoms with E-state index in [2.05, 4.69) is 5.32 Å². The van der Waals surface area contributed by atoms with Gasteiger partial charge >= 0.3 is 0 Å². The van der Waals surface area contributed by atoms with E-state index in [9.17, 15) is 4.79 Å². The van der Waals surface area contributed by atoms with Crippen LogP contribution in [0.2, 0.25) is 10.0 Å². The number of rotatable bonds is 6. The summed E-state index contributed by atoms with van der Waals surface area (Å²) in [4.78, 5) is 12.1. The van der Waals surface area contributed by atoms with Gasteiger partial charge in [0.25, 0.3) is 5.91 Å². The largest absolute Gasteiger partial charge is 0.482 e. The van der Waals surface area contributed by atoms with Gasteiger partial charge in [0, 0.05) is 5.02 Å². The molecule has 0 spiro atoms. The summed E-state index contributed by atoms with van der Waals surface area (Å²) in [5, 5.41) is 12.7. The maximum absolute atomic E-state index is 12.1. The first kappa shape index (κ1) is 18.1. The Kier molecular flexibility index (Phi) is 6.48. The number of carbonyl (C=O) groups is 1. The molecular weight excluding hydrogens is 347 g/mol. The van der Waals surface area contributed by atoms with Gasteiger partial charge in [-0.3, -0.25) is 4.79 Å². The number of nitrogens with zero attached hydrogens (tertiary/aromatic N) is 1. The predicted molar refractivity (Wildman–Crippen MR) is 94.3 cm³/mol. The molecule has 124 valence electrons. The molecule has 6 heteroatoms. The molecule has 1 N–H and O–H groups in total. The van der Waals surface area contributed by atoms with E-state index in [0.29, 0.717) is 21.4 Å². The number of hydrogen-bond donors (Lipinski definition) is 1. The van der Waals surface area contributed by atoms with Crippen LogP contribution in [-0.2, 0) is 4.79 Å².